The number of rotatable bonds is 8. The van der Waals surface area contributed by atoms with Gasteiger partial charge < -0.3 is 37.9 Å². The molecule has 14 aromatic rings. The third-order valence-electron chi connectivity index (χ3n) is 31.3. The third-order valence-corrected chi connectivity index (χ3v) is 32.7. The molecule has 0 fully saturated rings. The van der Waals surface area contributed by atoms with E-state index in [0.29, 0.717) is 32.3 Å². The van der Waals surface area contributed by atoms with Gasteiger partial charge in [0, 0.05) is 199 Å². The number of benzene rings is 7. The van der Waals surface area contributed by atoms with Crippen molar-refractivity contribution in [2.75, 3.05) is 53.4 Å². The highest BCUT2D eigenvalue weighted by Gasteiger charge is 2.47. The number of aryl methyl sites for hydroxylation is 3. The summed E-state index contributed by atoms with van der Waals surface area (Å²) in [6, 6.07) is 45.6. The monoisotopic (exact) mass is 2020 g/mol. The SMILES string of the molecule is CC1=NC2(CCc3c(cccc3-c3cncc(C)n3)C2)CO1.CC1=NC2(CCc3c(cccc3-c3cnccn3)C2)CO1.CC1=NC2(CCc3c(cccc3-c3cscn3)C2)CO1.CC1=NC2(CCc3c(cccc3-c3nccs3)C2)CO1.CC1=N[C@]2(CCc3c(cccc3-c3cncc(C)n3)C2)CO1.CC1=N[C@]2(CCc3ccc(-c4cncnc4)cc3C2)CO1.COc1nccnc1-c1cccc2c1CCC1(COC(C)=N1)C2. The Morgan fingerprint density at radius 2 is 0.644 bits per heavy atom. The van der Waals surface area contributed by atoms with Gasteiger partial charge in [0.25, 0.3) is 0 Å². The largest absolute Gasteiger partial charge is 0.479 e. The Labute approximate surface area is 877 Å². The number of thiazole rings is 2. The molecule has 14 heterocycles. The summed E-state index contributed by atoms with van der Waals surface area (Å²) in [6.07, 6.45) is 44.3. The molecule has 14 aliphatic rings. The molecule has 28 rings (SSSR count). The molecule has 0 bridgehead atoms. The van der Waals surface area contributed by atoms with Crippen molar-refractivity contribution < 1.29 is 37.9 Å². The summed E-state index contributed by atoms with van der Waals surface area (Å²) in [5.74, 6) is 6.34. The van der Waals surface area contributed by atoms with Gasteiger partial charge in [-0.1, -0.05) is 127 Å². The van der Waals surface area contributed by atoms with Crippen LogP contribution < -0.4 is 4.74 Å². The summed E-state index contributed by atoms with van der Waals surface area (Å²) in [7, 11) is 1.63. The summed E-state index contributed by atoms with van der Waals surface area (Å²) in [6.45, 7) is 22.6. The van der Waals surface area contributed by atoms with Gasteiger partial charge in [-0.15, -0.1) is 22.7 Å². The van der Waals surface area contributed by atoms with Gasteiger partial charge in [0.1, 0.15) is 102 Å². The van der Waals surface area contributed by atoms with E-state index in [1.807, 2.05) is 110 Å². The molecular formula is C120H123N19O8S2. The lowest BCUT2D eigenvalue weighted by Gasteiger charge is -2.31. The Bertz CT molecular complexity index is 7310. The summed E-state index contributed by atoms with van der Waals surface area (Å²) in [5.41, 5.74) is 37.3. The van der Waals surface area contributed by atoms with E-state index >= 15 is 0 Å². The molecule has 0 radical (unpaired) electrons. The lowest BCUT2D eigenvalue weighted by atomic mass is 9.77. The minimum Gasteiger partial charge on any atom is -0.479 e. The molecule has 0 N–H and O–H groups in total. The molecule has 0 amide bonds. The van der Waals surface area contributed by atoms with Gasteiger partial charge in [0.15, 0.2) is 41.3 Å². The van der Waals surface area contributed by atoms with Crippen LogP contribution in [0.2, 0.25) is 0 Å². The molecule has 7 aliphatic carbocycles. The summed E-state index contributed by atoms with van der Waals surface area (Å²) in [4.78, 5) is 85.7. The maximum atomic E-state index is 5.62. The van der Waals surface area contributed by atoms with Crippen molar-refractivity contribution in [1.29, 1.82) is 0 Å². The van der Waals surface area contributed by atoms with Crippen LogP contribution in [-0.2, 0) is 123 Å². The zero-order valence-electron chi connectivity index (χ0n) is 86.2. The second-order valence-electron chi connectivity index (χ2n) is 41.8. The smallest absolute Gasteiger partial charge is 0.240 e. The van der Waals surface area contributed by atoms with E-state index in [9.17, 15) is 0 Å². The van der Waals surface area contributed by atoms with Crippen molar-refractivity contribution >= 4 is 64.0 Å². The number of aromatic nitrogens is 12. The molecule has 0 saturated heterocycles. The number of fused-ring (bicyclic) bond motifs is 7. The fourth-order valence-electron chi connectivity index (χ4n) is 24.2. The molecule has 5 unspecified atom stereocenters. The van der Waals surface area contributed by atoms with E-state index in [1.54, 1.807) is 73.3 Å². The van der Waals surface area contributed by atoms with E-state index in [1.165, 1.54) is 111 Å². The van der Waals surface area contributed by atoms with Crippen LogP contribution in [0.4, 0.5) is 0 Å². The van der Waals surface area contributed by atoms with Crippen molar-refractivity contribution in [1.82, 2.24) is 59.8 Å². The first-order valence-electron chi connectivity index (χ1n) is 51.9. The molecule has 0 saturated carbocycles. The molecule has 7 aromatic heterocycles. The number of hydrogen-bond donors (Lipinski definition) is 0. The van der Waals surface area contributed by atoms with Crippen molar-refractivity contribution in [3.63, 3.8) is 0 Å². The normalized spacial score (nSPS) is 23.5. The highest BCUT2D eigenvalue weighted by Crippen LogP contribution is 2.48. The van der Waals surface area contributed by atoms with Crippen LogP contribution in [0.5, 0.6) is 5.88 Å². The van der Waals surface area contributed by atoms with E-state index in [4.69, 9.17) is 72.8 Å². The molecule has 7 spiro atoms. The van der Waals surface area contributed by atoms with Gasteiger partial charge in [-0.25, -0.2) is 74.8 Å². The third kappa shape index (κ3) is 21.4. The molecule has 29 heteroatoms. The van der Waals surface area contributed by atoms with Crippen LogP contribution in [0, 0.1) is 13.8 Å². The maximum absolute atomic E-state index is 5.62. The highest BCUT2D eigenvalue weighted by atomic mass is 32.1. The first-order chi connectivity index (χ1) is 72.5. The maximum Gasteiger partial charge on any atom is 0.240 e. The number of nitrogens with zero attached hydrogens (tertiary/aromatic N) is 19. The fraction of sp³-hybridized carbons (Fsp3) is 0.375. The topological polar surface area (TPSA) is 315 Å². The first-order valence-corrected chi connectivity index (χ1v) is 53.7. The number of ether oxygens (including phenoxy) is 8. The predicted molar refractivity (Wildman–Crippen MR) is 585 cm³/mol. The Morgan fingerprint density at radius 1 is 0.289 bits per heavy atom. The number of methoxy groups -OCH3 is 1. The second-order valence-corrected chi connectivity index (χ2v) is 43.4. The van der Waals surface area contributed by atoms with Crippen LogP contribution in [0.1, 0.15) is 183 Å². The Hall–Kier alpha value is -14.7. The van der Waals surface area contributed by atoms with Crippen LogP contribution in [-0.4, -0.2) is 193 Å². The van der Waals surface area contributed by atoms with Gasteiger partial charge in [-0.3, -0.25) is 19.9 Å². The Kier molecular flexibility index (Phi) is 28.0. The minimum atomic E-state index is -0.0812. The molecule has 27 nitrogen and oxygen atoms in total. The lowest BCUT2D eigenvalue weighted by molar-refractivity contribution is 0.236. The molecule has 7 atom stereocenters. The molecule has 149 heavy (non-hydrogen) atoms. The van der Waals surface area contributed by atoms with Crippen LogP contribution >= 0.6 is 22.7 Å². The first kappa shape index (κ1) is 98.9. The van der Waals surface area contributed by atoms with Gasteiger partial charge in [0.2, 0.25) is 5.88 Å². The average Bonchev–Trinajstić information content (AvgIpc) is 1.76. The Morgan fingerprint density at radius 3 is 1.01 bits per heavy atom. The summed E-state index contributed by atoms with van der Waals surface area (Å²) >= 11 is 3.36. The van der Waals surface area contributed by atoms with Gasteiger partial charge >= 0.3 is 0 Å². The fourth-order valence-corrected chi connectivity index (χ4v) is 25.5. The quantitative estimate of drug-likeness (QED) is 0.136. The predicted octanol–water partition coefficient (Wildman–Crippen LogP) is 21.7. The van der Waals surface area contributed by atoms with E-state index < -0.39 is 0 Å². The van der Waals surface area contributed by atoms with Crippen LogP contribution in [0.15, 0.2) is 259 Å². The Balaban J connectivity index is 0.0000000984. The van der Waals surface area contributed by atoms with Crippen molar-refractivity contribution in [3.05, 3.63) is 314 Å². The van der Waals surface area contributed by atoms with Gasteiger partial charge in [-0.05, 0) is 187 Å². The van der Waals surface area contributed by atoms with Crippen molar-refractivity contribution in [3.8, 4) is 83.9 Å². The van der Waals surface area contributed by atoms with Crippen LogP contribution in [0.3, 0.4) is 0 Å². The van der Waals surface area contributed by atoms with Gasteiger partial charge in [-0.2, -0.15) is 0 Å². The van der Waals surface area contributed by atoms with Crippen LogP contribution in [0.25, 0.3) is 78.0 Å². The van der Waals surface area contributed by atoms with Crippen molar-refractivity contribution in [2.45, 2.75) is 236 Å². The minimum absolute atomic E-state index is 0.0153. The average molecular weight is 2020 g/mol. The van der Waals surface area contributed by atoms with E-state index in [2.05, 4.69) is 193 Å². The van der Waals surface area contributed by atoms with E-state index in [0.717, 1.165) is 252 Å². The van der Waals surface area contributed by atoms with Crippen molar-refractivity contribution in [2.24, 2.45) is 34.9 Å². The highest BCUT2D eigenvalue weighted by molar-refractivity contribution is 7.13. The molecule has 7 aliphatic heterocycles. The molecule has 758 valence electrons. The lowest BCUT2D eigenvalue weighted by Crippen LogP contribution is -2.35. The standard InChI is InChI=1S/C18H19N3O2.2C18H19N3O.2C17H17N3O.2C16H16N2OS/c1-12-21-18(11-23-12)7-6-14-13(10-18)4-3-5-15(14)16-17(22-2)20-9-8-19-16;2*1-12-9-19-10-17(20-12)16-5-3-4-14-8-18(7-6-15(14)16)11-22-13(2)21-18;1-12-20-17(10-21-12)5-4-13-2-3-14(6-15(13)7-17)16-8-18-11-19-9-16;1-12-20-17(11-21-12)6-5-14-13(9-17)3-2-4-15(14)16-10-18-7-8-19-16;1-11-18-16(9-19-11)6-5-13-12(7-16)3-2-4-14(13)15-8-20-10-17-15;1-11-18-16(10-19-11)6-5-13-12(9-16)3-2-4-14(13)15-17-7-8-20-15/h3-5,8-9H,6-7,10-11H2,1-2H3;2*3-5,9-10H,6-8,11H2,1-2H3;2-3,6,8-9,11H,4-5,7,10H2,1H3;2-4,7-8,10H,5-6,9,11H2,1H3;2-4,8,10H,5-7,9H2,1H3;2-4,7-8H,5-6,9-10H2,1H3/t;18-;;17-;;;/m.0.0.../s1. The summed E-state index contributed by atoms with van der Waals surface area (Å²) < 4.78 is 44.7. The van der Waals surface area contributed by atoms with E-state index in [-0.39, 0.29) is 38.8 Å². The summed E-state index contributed by atoms with van der Waals surface area (Å²) in [5, 5.41) is 5.29. The van der Waals surface area contributed by atoms with Gasteiger partial charge in [0.05, 0.1) is 65.4 Å². The zero-order chi connectivity index (χ0) is 102. The molecule has 7 aromatic carbocycles. The zero-order valence-corrected chi connectivity index (χ0v) is 87.9. The number of hydrogen-bond acceptors (Lipinski definition) is 29. The number of aliphatic imine (C=N–C) groups is 7. The second kappa shape index (κ2) is 42.1. The molecular weight excluding hydrogens is 1900 g/mol.